The highest BCUT2D eigenvalue weighted by atomic mass is 35.5. The molecule has 1 aliphatic heterocycles. The Hall–Kier alpha value is -0.910. The van der Waals surface area contributed by atoms with Crippen LogP contribution in [-0.2, 0) is 4.74 Å². The third kappa shape index (κ3) is 2.58. The van der Waals surface area contributed by atoms with E-state index >= 15 is 0 Å². The second-order valence-corrected chi connectivity index (χ2v) is 6.40. The maximum absolute atomic E-state index is 5.89. The maximum Gasteiger partial charge on any atom is 0.240 e. The van der Waals surface area contributed by atoms with E-state index < -0.39 is 0 Å². The fraction of sp³-hybridized carbons (Fsp3) is 0.417. The number of ether oxygens (including phenoxy) is 1. The molecule has 1 aromatic carbocycles. The number of hydrogen-bond acceptors (Lipinski definition) is 5. The summed E-state index contributed by atoms with van der Waals surface area (Å²) in [7, 11) is 1.88. The molecule has 1 unspecified atom stereocenters. The Labute approximate surface area is 116 Å². The van der Waals surface area contributed by atoms with Crippen LogP contribution in [0, 0.1) is 0 Å². The van der Waals surface area contributed by atoms with Crippen molar-refractivity contribution < 1.29 is 4.74 Å². The van der Waals surface area contributed by atoms with Crippen molar-refractivity contribution in [2.24, 2.45) is 10.2 Å². The van der Waals surface area contributed by atoms with E-state index in [4.69, 9.17) is 21.5 Å². The molecule has 0 bridgehead atoms. The monoisotopic (exact) mass is 285 g/mol. The average molecular weight is 286 g/mol. The number of rotatable bonds is 3. The van der Waals surface area contributed by atoms with E-state index in [9.17, 15) is 0 Å². The van der Waals surface area contributed by atoms with Gasteiger partial charge in [0, 0.05) is 17.6 Å². The highest BCUT2D eigenvalue weighted by molar-refractivity contribution is 7.98. The van der Waals surface area contributed by atoms with Gasteiger partial charge in [0.05, 0.1) is 4.75 Å². The maximum atomic E-state index is 5.89. The zero-order valence-corrected chi connectivity index (χ0v) is 12.1. The zero-order chi connectivity index (χ0) is 13.3. The third-order valence-electron chi connectivity index (χ3n) is 2.80. The van der Waals surface area contributed by atoms with E-state index in [1.807, 2.05) is 45.2 Å². The average Bonchev–Trinajstić information content (AvgIpc) is 2.73. The summed E-state index contributed by atoms with van der Waals surface area (Å²) in [5.41, 5.74) is 0.909. The molecule has 0 amide bonds. The largest absolute Gasteiger partial charge is 0.449 e. The second kappa shape index (κ2) is 4.99. The molecule has 1 atom stereocenters. The van der Waals surface area contributed by atoms with Gasteiger partial charge in [0.1, 0.15) is 0 Å². The van der Waals surface area contributed by atoms with E-state index in [1.165, 1.54) is 11.9 Å². The van der Waals surface area contributed by atoms with Crippen LogP contribution in [0.15, 0.2) is 29.4 Å². The normalized spacial score (nSPS) is 19.7. The number of benzene rings is 1. The molecule has 1 heterocycles. The van der Waals surface area contributed by atoms with E-state index in [0.29, 0.717) is 10.9 Å². The number of halogens is 1. The molecule has 0 radical (unpaired) electrons. The predicted octanol–water partition coefficient (Wildman–Crippen LogP) is 2.68. The van der Waals surface area contributed by atoms with E-state index in [1.54, 1.807) is 5.01 Å². The lowest BCUT2D eigenvalue weighted by atomic mass is 10.1. The molecule has 4 nitrogen and oxygen atoms in total. The van der Waals surface area contributed by atoms with Crippen LogP contribution >= 0.6 is 23.5 Å². The minimum absolute atomic E-state index is 0.182. The number of nitrogens with zero attached hydrogens (tertiary/aromatic N) is 2. The minimum Gasteiger partial charge on any atom is -0.449 e. The van der Waals surface area contributed by atoms with Crippen LogP contribution in [0.2, 0.25) is 5.02 Å². The molecule has 1 aromatic rings. The van der Waals surface area contributed by atoms with Gasteiger partial charge in [-0.3, -0.25) is 10.1 Å². The Balaban J connectivity index is 2.19. The summed E-state index contributed by atoms with van der Waals surface area (Å²) in [5.74, 6) is 0.598. The summed E-state index contributed by atoms with van der Waals surface area (Å²) >= 11 is 7.13. The lowest BCUT2D eigenvalue weighted by Crippen LogP contribution is -2.43. The van der Waals surface area contributed by atoms with Crippen LogP contribution in [0.1, 0.15) is 19.4 Å². The van der Waals surface area contributed by atoms with Crippen molar-refractivity contribution in [3.05, 3.63) is 34.9 Å². The van der Waals surface area contributed by atoms with Gasteiger partial charge >= 0.3 is 0 Å². The molecule has 0 fully saturated rings. The summed E-state index contributed by atoms with van der Waals surface area (Å²) in [6.07, 6.45) is -0.182. The summed E-state index contributed by atoms with van der Waals surface area (Å²) < 4.78 is 5.64. The summed E-state index contributed by atoms with van der Waals surface area (Å²) in [6.45, 7) is 4.05. The zero-order valence-electron chi connectivity index (χ0n) is 10.6. The standard InChI is InChI=1S/C12H16ClN3OS/c1-12(2,18-14)11-16(3)15-10(17-11)8-4-6-9(13)7-5-8/h4-7,11H,14H2,1-3H3. The summed E-state index contributed by atoms with van der Waals surface area (Å²) in [6, 6.07) is 7.41. The highest BCUT2D eigenvalue weighted by Gasteiger charge is 2.39. The van der Waals surface area contributed by atoms with E-state index in [0.717, 1.165) is 5.56 Å². The number of nitrogens with two attached hydrogens (primary N) is 1. The van der Waals surface area contributed by atoms with Crippen molar-refractivity contribution in [3.63, 3.8) is 0 Å². The predicted molar refractivity (Wildman–Crippen MR) is 76.5 cm³/mol. The number of hydrogen-bond donors (Lipinski definition) is 1. The smallest absolute Gasteiger partial charge is 0.240 e. The molecule has 2 rings (SSSR count). The molecule has 0 aliphatic carbocycles. The molecule has 2 N–H and O–H groups in total. The molecule has 18 heavy (non-hydrogen) atoms. The minimum atomic E-state index is -0.244. The quantitative estimate of drug-likeness (QED) is 0.868. The SMILES string of the molecule is CN1N=C(c2ccc(Cl)cc2)OC1C(C)(C)SN. The molecule has 0 aromatic heterocycles. The van der Waals surface area contributed by atoms with Crippen LogP contribution in [-0.4, -0.2) is 28.9 Å². The Kier molecular flexibility index (Phi) is 3.75. The molecule has 0 saturated heterocycles. The van der Waals surface area contributed by atoms with Crippen LogP contribution in [0.4, 0.5) is 0 Å². The summed E-state index contributed by atoms with van der Waals surface area (Å²) in [5, 5.41) is 12.6. The van der Waals surface area contributed by atoms with Crippen LogP contribution in [0.25, 0.3) is 0 Å². The molecule has 0 spiro atoms. The molecule has 1 aliphatic rings. The van der Waals surface area contributed by atoms with Gasteiger partial charge in [-0.2, -0.15) is 0 Å². The fourth-order valence-electron chi connectivity index (χ4n) is 1.77. The topological polar surface area (TPSA) is 50.8 Å². The Bertz CT molecular complexity index is 461. The van der Waals surface area contributed by atoms with E-state index in [-0.39, 0.29) is 11.0 Å². The van der Waals surface area contributed by atoms with Crippen LogP contribution in [0.3, 0.4) is 0 Å². The van der Waals surface area contributed by atoms with Crippen molar-refractivity contribution >= 4 is 29.4 Å². The first kappa shape index (κ1) is 13.5. The Morgan fingerprint density at radius 1 is 1.39 bits per heavy atom. The van der Waals surface area contributed by atoms with Gasteiger partial charge in [-0.15, -0.1) is 5.10 Å². The molecular weight excluding hydrogens is 270 g/mol. The van der Waals surface area contributed by atoms with E-state index in [2.05, 4.69) is 5.10 Å². The second-order valence-electron chi connectivity index (χ2n) is 4.68. The first-order chi connectivity index (χ1) is 8.44. The van der Waals surface area contributed by atoms with Gasteiger partial charge < -0.3 is 4.74 Å². The third-order valence-corrected chi connectivity index (χ3v) is 3.86. The fourth-order valence-corrected chi connectivity index (χ4v) is 2.21. The molecule has 6 heteroatoms. The van der Waals surface area contributed by atoms with Crippen molar-refractivity contribution in [2.45, 2.75) is 24.8 Å². The summed E-state index contributed by atoms with van der Waals surface area (Å²) in [4.78, 5) is 0. The van der Waals surface area contributed by atoms with Gasteiger partial charge in [-0.25, -0.2) is 0 Å². The van der Waals surface area contributed by atoms with Crippen LogP contribution in [0.5, 0.6) is 0 Å². The van der Waals surface area contributed by atoms with Crippen LogP contribution < -0.4 is 5.14 Å². The first-order valence-electron chi connectivity index (χ1n) is 5.56. The van der Waals surface area contributed by atoms with Crippen molar-refractivity contribution in [3.8, 4) is 0 Å². The van der Waals surface area contributed by atoms with Gasteiger partial charge in [-0.1, -0.05) is 23.5 Å². The van der Waals surface area contributed by atoms with Gasteiger partial charge in [-0.05, 0) is 38.1 Å². The highest BCUT2D eigenvalue weighted by Crippen LogP contribution is 2.31. The number of hydrazone groups is 1. The van der Waals surface area contributed by atoms with Crippen molar-refractivity contribution in [2.75, 3.05) is 7.05 Å². The molecular formula is C12H16ClN3OS. The van der Waals surface area contributed by atoms with Gasteiger partial charge in [0.25, 0.3) is 0 Å². The Morgan fingerprint density at radius 3 is 2.56 bits per heavy atom. The lowest BCUT2D eigenvalue weighted by molar-refractivity contribution is 0.0511. The lowest BCUT2D eigenvalue weighted by Gasteiger charge is -2.31. The van der Waals surface area contributed by atoms with Gasteiger partial charge in [0.15, 0.2) is 0 Å². The molecule has 0 saturated carbocycles. The molecule has 98 valence electrons. The first-order valence-corrected chi connectivity index (χ1v) is 6.82. The Morgan fingerprint density at radius 2 is 2.00 bits per heavy atom. The van der Waals surface area contributed by atoms with Crippen molar-refractivity contribution in [1.29, 1.82) is 0 Å². The van der Waals surface area contributed by atoms with Crippen molar-refractivity contribution in [1.82, 2.24) is 5.01 Å². The van der Waals surface area contributed by atoms with Gasteiger partial charge in [0.2, 0.25) is 12.1 Å².